The molecule has 0 aromatic heterocycles. The fourth-order valence-corrected chi connectivity index (χ4v) is 1.19. The summed E-state index contributed by atoms with van der Waals surface area (Å²) >= 11 is 0. The van der Waals surface area contributed by atoms with Gasteiger partial charge < -0.3 is 5.32 Å². The van der Waals surface area contributed by atoms with Crippen molar-refractivity contribution < 1.29 is 4.79 Å². The quantitative estimate of drug-likeness (QED) is 0.518. The average Bonchev–Trinajstić information content (AvgIpc) is 1.60. The van der Waals surface area contributed by atoms with Gasteiger partial charge in [-0.3, -0.25) is 4.79 Å². The third-order valence-corrected chi connectivity index (χ3v) is 1.68. The first-order valence-corrected chi connectivity index (χ1v) is 3.41. The highest BCUT2D eigenvalue weighted by Gasteiger charge is 2.24. The lowest BCUT2D eigenvalue weighted by atomic mass is 9.93. The van der Waals surface area contributed by atoms with E-state index in [9.17, 15) is 4.79 Å². The maximum atomic E-state index is 10.8. The highest BCUT2D eigenvalue weighted by atomic mass is 16.1. The molecule has 0 aromatic rings. The van der Waals surface area contributed by atoms with E-state index in [-0.39, 0.29) is 11.4 Å². The zero-order chi connectivity index (χ0) is 6.91. The summed E-state index contributed by atoms with van der Waals surface area (Å²) in [6, 6.07) is 0. The van der Waals surface area contributed by atoms with Crippen LogP contribution < -0.4 is 5.32 Å². The zero-order valence-electron chi connectivity index (χ0n) is 6.03. The second-order valence-electron chi connectivity index (χ2n) is 3.29. The van der Waals surface area contributed by atoms with E-state index in [1.165, 1.54) is 0 Å². The summed E-state index contributed by atoms with van der Waals surface area (Å²) in [7, 11) is 0. The number of carbonyl (C=O) groups is 1. The lowest BCUT2D eigenvalue weighted by Gasteiger charge is -2.30. The first-order chi connectivity index (χ1) is 4.10. The molecule has 1 aliphatic rings. The molecule has 0 unspecified atom stereocenters. The molecule has 0 saturated carbocycles. The Morgan fingerprint density at radius 1 is 1.56 bits per heavy atom. The summed E-state index contributed by atoms with van der Waals surface area (Å²) in [6.07, 6.45) is 2.86. The van der Waals surface area contributed by atoms with Crippen molar-refractivity contribution in [3.63, 3.8) is 0 Å². The Balaban J connectivity index is 2.51. The van der Waals surface area contributed by atoms with Crippen LogP contribution in [0.1, 0.15) is 33.1 Å². The number of hydrogen-bond acceptors (Lipinski definition) is 1. The number of hydrogen-bond donors (Lipinski definition) is 1. The molecule has 0 radical (unpaired) electrons. The van der Waals surface area contributed by atoms with Crippen molar-refractivity contribution in [2.75, 3.05) is 0 Å². The van der Waals surface area contributed by atoms with Gasteiger partial charge in [0.25, 0.3) is 0 Å². The largest absolute Gasteiger partial charge is 0.351 e. The maximum Gasteiger partial charge on any atom is 0.220 e. The van der Waals surface area contributed by atoms with Crippen molar-refractivity contribution in [2.24, 2.45) is 0 Å². The van der Waals surface area contributed by atoms with Gasteiger partial charge in [0.1, 0.15) is 0 Å². The van der Waals surface area contributed by atoms with Crippen molar-refractivity contribution in [1.29, 1.82) is 0 Å². The van der Waals surface area contributed by atoms with Gasteiger partial charge in [-0.1, -0.05) is 0 Å². The fourth-order valence-electron chi connectivity index (χ4n) is 1.19. The first kappa shape index (κ1) is 6.59. The average molecular weight is 127 g/mol. The monoisotopic (exact) mass is 127 g/mol. The second-order valence-corrected chi connectivity index (χ2v) is 3.29. The molecular weight excluding hydrogens is 114 g/mol. The van der Waals surface area contributed by atoms with E-state index >= 15 is 0 Å². The normalized spacial score (nSPS) is 25.3. The van der Waals surface area contributed by atoms with Crippen molar-refractivity contribution in [3.8, 4) is 0 Å². The fraction of sp³-hybridized carbons (Fsp3) is 0.857. The van der Waals surface area contributed by atoms with Crippen LogP contribution in [0.15, 0.2) is 0 Å². The van der Waals surface area contributed by atoms with Crippen molar-refractivity contribution in [3.05, 3.63) is 0 Å². The van der Waals surface area contributed by atoms with E-state index in [4.69, 9.17) is 0 Å². The van der Waals surface area contributed by atoms with Crippen molar-refractivity contribution >= 4 is 5.91 Å². The molecule has 0 aliphatic carbocycles. The minimum absolute atomic E-state index is 0.0509. The predicted octanol–water partition coefficient (Wildman–Crippen LogP) is 1.07. The molecule has 52 valence electrons. The van der Waals surface area contributed by atoms with E-state index < -0.39 is 0 Å². The zero-order valence-corrected chi connectivity index (χ0v) is 6.03. The number of amides is 1. The van der Waals surface area contributed by atoms with Gasteiger partial charge in [-0.05, 0) is 26.7 Å². The van der Waals surface area contributed by atoms with Crippen molar-refractivity contribution in [2.45, 2.75) is 38.6 Å². The van der Waals surface area contributed by atoms with Gasteiger partial charge in [-0.15, -0.1) is 0 Å². The van der Waals surface area contributed by atoms with Crippen LogP contribution in [-0.2, 0) is 4.79 Å². The number of carbonyl (C=O) groups excluding carboxylic acids is 1. The molecule has 2 nitrogen and oxygen atoms in total. The third kappa shape index (κ3) is 1.70. The Morgan fingerprint density at radius 3 is 2.56 bits per heavy atom. The molecule has 1 rings (SSSR count). The van der Waals surface area contributed by atoms with Gasteiger partial charge >= 0.3 is 0 Å². The summed E-state index contributed by atoms with van der Waals surface area (Å²) < 4.78 is 0. The molecule has 0 bridgehead atoms. The van der Waals surface area contributed by atoms with Crippen LogP contribution in [0.2, 0.25) is 0 Å². The molecule has 0 spiro atoms. The molecule has 2 heteroatoms. The summed E-state index contributed by atoms with van der Waals surface area (Å²) in [4.78, 5) is 10.8. The molecule has 0 atom stereocenters. The standard InChI is InChI=1S/C7H13NO/c1-7(2)5-3-4-6(9)8-7/h3-5H2,1-2H3,(H,8,9). The topological polar surface area (TPSA) is 29.1 Å². The molecule has 9 heavy (non-hydrogen) atoms. The Bertz CT molecular complexity index is 129. The van der Waals surface area contributed by atoms with E-state index in [0.717, 1.165) is 12.8 Å². The third-order valence-electron chi connectivity index (χ3n) is 1.68. The van der Waals surface area contributed by atoms with Crippen LogP contribution in [0.3, 0.4) is 0 Å². The molecule has 0 aromatic carbocycles. The second kappa shape index (κ2) is 2.01. The molecule has 1 amide bonds. The predicted molar refractivity (Wildman–Crippen MR) is 36.1 cm³/mol. The van der Waals surface area contributed by atoms with Crippen LogP contribution in [0.25, 0.3) is 0 Å². The summed E-state index contributed by atoms with van der Waals surface area (Å²) in [5.74, 6) is 0.200. The number of piperidine rings is 1. The first-order valence-electron chi connectivity index (χ1n) is 3.41. The van der Waals surface area contributed by atoms with Crippen LogP contribution in [0.4, 0.5) is 0 Å². The Morgan fingerprint density at radius 2 is 2.22 bits per heavy atom. The molecular formula is C7H13NO. The summed E-state index contributed by atoms with van der Waals surface area (Å²) in [5, 5.41) is 2.92. The van der Waals surface area contributed by atoms with Crippen LogP contribution >= 0.6 is 0 Å². The van der Waals surface area contributed by atoms with Crippen molar-refractivity contribution in [1.82, 2.24) is 5.32 Å². The highest BCUT2D eigenvalue weighted by Crippen LogP contribution is 2.17. The molecule has 1 heterocycles. The summed E-state index contributed by atoms with van der Waals surface area (Å²) in [5.41, 5.74) is 0.0509. The smallest absolute Gasteiger partial charge is 0.220 e. The summed E-state index contributed by atoms with van der Waals surface area (Å²) in [6.45, 7) is 4.12. The van der Waals surface area contributed by atoms with Gasteiger partial charge in [-0.25, -0.2) is 0 Å². The van der Waals surface area contributed by atoms with Gasteiger partial charge in [0.15, 0.2) is 0 Å². The maximum absolute atomic E-state index is 10.8. The minimum Gasteiger partial charge on any atom is -0.351 e. The minimum atomic E-state index is 0.0509. The Hall–Kier alpha value is -0.530. The number of nitrogens with one attached hydrogen (secondary N) is 1. The Kier molecular flexibility index (Phi) is 1.47. The van der Waals surface area contributed by atoms with Crippen LogP contribution in [0.5, 0.6) is 0 Å². The van der Waals surface area contributed by atoms with E-state index in [1.54, 1.807) is 0 Å². The molecule has 1 saturated heterocycles. The van der Waals surface area contributed by atoms with Crippen LogP contribution in [0, 0.1) is 0 Å². The lowest BCUT2D eigenvalue weighted by molar-refractivity contribution is -0.124. The Labute approximate surface area is 55.6 Å². The molecule has 1 fully saturated rings. The molecule has 1 aliphatic heterocycles. The van der Waals surface area contributed by atoms with Gasteiger partial charge in [0, 0.05) is 12.0 Å². The van der Waals surface area contributed by atoms with E-state index in [1.807, 2.05) is 0 Å². The lowest BCUT2D eigenvalue weighted by Crippen LogP contribution is -2.46. The molecule has 1 N–H and O–H groups in total. The number of rotatable bonds is 0. The van der Waals surface area contributed by atoms with E-state index in [0.29, 0.717) is 6.42 Å². The van der Waals surface area contributed by atoms with Gasteiger partial charge in [-0.2, -0.15) is 0 Å². The van der Waals surface area contributed by atoms with Gasteiger partial charge in [0.05, 0.1) is 0 Å². The van der Waals surface area contributed by atoms with Gasteiger partial charge in [0.2, 0.25) is 5.91 Å². The highest BCUT2D eigenvalue weighted by molar-refractivity contribution is 5.77. The van der Waals surface area contributed by atoms with E-state index in [2.05, 4.69) is 19.2 Å². The van der Waals surface area contributed by atoms with Crippen LogP contribution in [-0.4, -0.2) is 11.4 Å². The SMILES string of the molecule is CC1(C)CCCC(=O)N1.